The molecule has 1 rings (SSSR count). The number of amides is 1. The van der Waals surface area contributed by atoms with Crippen LogP contribution in [0, 0.1) is 5.82 Å². The summed E-state index contributed by atoms with van der Waals surface area (Å²) in [4.78, 5) is 11.4. The summed E-state index contributed by atoms with van der Waals surface area (Å²) in [6.07, 6.45) is -4.30. The summed E-state index contributed by atoms with van der Waals surface area (Å²) in [6, 6.07) is 0.898. The Bertz CT molecular complexity index is 445. The molecule has 7 heteroatoms. The van der Waals surface area contributed by atoms with Gasteiger partial charge in [-0.25, -0.2) is 4.39 Å². The molecule has 0 bridgehead atoms. The number of hydrogen-bond acceptors (Lipinski definition) is 2. The Morgan fingerprint density at radius 1 is 1.44 bits per heavy atom. The molecule has 0 saturated heterocycles. The molecule has 0 aliphatic carbocycles. The van der Waals surface area contributed by atoms with Gasteiger partial charge in [-0.05, 0) is 24.6 Å². The van der Waals surface area contributed by atoms with Crippen molar-refractivity contribution in [3.8, 4) is 0 Å². The number of benzene rings is 1. The van der Waals surface area contributed by atoms with E-state index >= 15 is 0 Å². The first-order valence-electron chi connectivity index (χ1n) is 5.19. The van der Waals surface area contributed by atoms with E-state index in [1.165, 1.54) is 0 Å². The van der Waals surface area contributed by atoms with Gasteiger partial charge in [0.25, 0.3) is 0 Å². The molecule has 0 unspecified atom stereocenters. The average Bonchev–Trinajstić information content (AvgIpc) is 2.29. The molecule has 0 fully saturated rings. The van der Waals surface area contributed by atoms with E-state index in [9.17, 15) is 22.4 Å². The van der Waals surface area contributed by atoms with Gasteiger partial charge in [-0.15, -0.1) is 0 Å². The standard InChI is InChI=1S/C11H12F4N2O/c1-2-8(16)10(18)17-9-5-6(11(13,14)15)3-4-7(9)12/h3-5,8H,2,16H2,1H3,(H,17,18)/t8-/m1/s1. The maximum Gasteiger partial charge on any atom is 0.416 e. The van der Waals surface area contributed by atoms with Crippen molar-refractivity contribution in [1.29, 1.82) is 0 Å². The maximum atomic E-state index is 13.3. The van der Waals surface area contributed by atoms with Gasteiger partial charge in [0, 0.05) is 0 Å². The number of alkyl halides is 3. The molecule has 0 radical (unpaired) electrons. The average molecular weight is 264 g/mol. The summed E-state index contributed by atoms with van der Waals surface area (Å²) in [5.74, 6) is -1.67. The van der Waals surface area contributed by atoms with Crippen LogP contribution in [0.25, 0.3) is 0 Å². The van der Waals surface area contributed by atoms with E-state index in [4.69, 9.17) is 5.73 Å². The van der Waals surface area contributed by atoms with E-state index in [1.54, 1.807) is 6.92 Å². The van der Waals surface area contributed by atoms with E-state index in [1.807, 2.05) is 5.32 Å². The van der Waals surface area contributed by atoms with Gasteiger partial charge in [-0.1, -0.05) is 6.92 Å². The van der Waals surface area contributed by atoms with Crippen LogP contribution >= 0.6 is 0 Å². The van der Waals surface area contributed by atoms with Crippen molar-refractivity contribution in [2.45, 2.75) is 25.6 Å². The van der Waals surface area contributed by atoms with Gasteiger partial charge in [-0.3, -0.25) is 4.79 Å². The molecular formula is C11H12F4N2O. The topological polar surface area (TPSA) is 55.1 Å². The molecule has 0 heterocycles. The fourth-order valence-corrected chi connectivity index (χ4v) is 1.21. The van der Waals surface area contributed by atoms with Gasteiger partial charge < -0.3 is 11.1 Å². The molecule has 0 aliphatic heterocycles. The lowest BCUT2D eigenvalue weighted by molar-refractivity contribution is -0.137. The highest BCUT2D eigenvalue weighted by Crippen LogP contribution is 2.31. The molecule has 1 aromatic rings. The van der Waals surface area contributed by atoms with Crippen molar-refractivity contribution in [3.63, 3.8) is 0 Å². The highest BCUT2D eigenvalue weighted by atomic mass is 19.4. The smallest absolute Gasteiger partial charge is 0.322 e. The number of halogens is 4. The largest absolute Gasteiger partial charge is 0.416 e. The van der Waals surface area contributed by atoms with E-state index in [0.29, 0.717) is 24.6 Å². The molecule has 3 N–H and O–H groups in total. The third kappa shape index (κ3) is 3.43. The summed E-state index contributed by atoms with van der Waals surface area (Å²) >= 11 is 0. The number of rotatable bonds is 3. The summed E-state index contributed by atoms with van der Waals surface area (Å²) in [5, 5.41) is 2.03. The van der Waals surface area contributed by atoms with Gasteiger partial charge >= 0.3 is 6.18 Å². The van der Waals surface area contributed by atoms with Gasteiger partial charge in [0.1, 0.15) is 5.82 Å². The van der Waals surface area contributed by atoms with Crippen LogP contribution in [0.4, 0.5) is 23.2 Å². The zero-order chi connectivity index (χ0) is 13.9. The second-order valence-corrected chi connectivity index (χ2v) is 3.70. The van der Waals surface area contributed by atoms with Crippen LogP contribution in [0.15, 0.2) is 18.2 Å². The number of carbonyl (C=O) groups is 1. The zero-order valence-electron chi connectivity index (χ0n) is 9.51. The molecule has 0 saturated carbocycles. The summed E-state index contributed by atoms with van der Waals surface area (Å²) in [6.45, 7) is 1.63. The summed E-state index contributed by atoms with van der Waals surface area (Å²) in [7, 11) is 0. The predicted molar refractivity (Wildman–Crippen MR) is 58.3 cm³/mol. The molecule has 18 heavy (non-hydrogen) atoms. The fraction of sp³-hybridized carbons (Fsp3) is 0.364. The van der Waals surface area contributed by atoms with Crippen LogP contribution in [0.5, 0.6) is 0 Å². The molecule has 1 atom stereocenters. The van der Waals surface area contributed by atoms with Crippen molar-refractivity contribution in [2.24, 2.45) is 5.73 Å². The number of nitrogens with two attached hydrogens (primary N) is 1. The highest BCUT2D eigenvalue weighted by molar-refractivity contribution is 5.94. The Labute approximate surface area is 101 Å². The zero-order valence-corrected chi connectivity index (χ0v) is 9.51. The predicted octanol–water partition coefficient (Wildman–Crippen LogP) is 2.52. The second-order valence-electron chi connectivity index (χ2n) is 3.70. The van der Waals surface area contributed by atoms with Gasteiger partial charge in [0.15, 0.2) is 0 Å². The lowest BCUT2D eigenvalue weighted by atomic mass is 10.1. The van der Waals surface area contributed by atoms with Crippen molar-refractivity contribution in [1.82, 2.24) is 0 Å². The molecule has 0 spiro atoms. The van der Waals surface area contributed by atoms with Crippen LogP contribution in [-0.4, -0.2) is 11.9 Å². The lowest BCUT2D eigenvalue weighted by Crippen LogP contribution is -2.35. The van der Waals surface area contributed by atoms with E-state index in [-0.39, 0.29) is 0 Å². The fourth-order valence-electron chi connectivity index (χ4n) is 1.21. The molecule has 1 aromatic carbocycles. The number of carbonyl (C=O) groups excluding carboxylic acids is 1. The van der Waals surface area contributed by atoms with E-state index in [0.717, 1.165) is 0 Å². The lowest BCUT2D eigenvalue weighted by Gasteiger charge is -2.13. The first-order valence-corrected chi connectivity index (χ1v) is 5.19. The summed E-state index contributed by atoms with van der Waals surface area (Å²) < 4.78 is 50.5. The van der Waals surface area contributed by atoms with Crippen LogP contribution in [0.1, 0.15) is 18.9 Å². The molecule has 0 aliphatic rings. The Kier molecular flexibility index (Phi) is 4.28. The molecule has 1 amide bonds. The minimum Gasteiger partial charge on any atom is -0.322 e. The minimum absolute atomic E-state index is 0.298. The van der Waals surface area contributed by atoms with Crippen LogP contribution in [-0.2, 0) is 11.0 Å². The van der Waals surface area contributed by atoms with Gasteiger partial charge in [0.05, 0.1) is 17.3 Å². The highest BCUT2D eigenvalue weighted by Gasteiger charge is 2.31. The van der Waals surface area contributed by atoms with Crippen molar-refractivity contribution in [3.05, 3.63) is 29.6 Å². The first kappa shape index (κ1) is 14.4. The Hall–Kier alpha value is -1.63. The Balaban J connectivity index is 2.99. The number of hydrogen-bond donors (Lipinski definition) is 2. The van der Waals surface area contributed by atoms with Crippen molar-refractivity contribution in [2.75, 3.05) is 5.32 Å². The normalized spacial score (nSPS) is 13.2. The van der Waals surface area contributed by atoms with Crippen molar-refractivity contribution >= 4 is 11.6 Å². The van der Waals surface area contributed by atoms with Gasteiger partial charge in [-0.2, -0.15) is 13.2 Å². The number of nitrogens with one attached hydrogen (secondary N) is 1. The van der Waals surface area contributed by atoms with E-state index < -0.39 is 35.2 Å². The SMILES string of the molecule is CC[C@@H](N)C(=O)Nc1cc(C(F)(F)F)ccc1F. The third-order valence-corrected chi connectivity index (χ3v) is 2.33. The minimum atomic E-state index is -4.60. The van der Waals surface area contributed by atoms with Crippen LogP contribution in [0.3, 0.4) is 0 Å². The Morgan fingerprint density at radius 2 is 2.06 bits per heavy atom. The monoisotopic (exact) mass is 264 g/mol. The Morgan fingerprint density at radius 3 is 2.56 bits per heavy atom. The van der Waals surface area contributed by atoms with Crippen LogP contribution < -0.4 is 11.1 Å². The molecular weight excluding hydrogens is 252 g/mol. The molecule has 3 nitrogen and oxygen atoms in total. The first-order chi connectivity index (χ1) is 8.25. The number of anilines is 1. The van der Waals surface area contributed by atoms with Crippen molar-refractivity contribution < 1.29 is 22.4 Å². The third-order valence-electron chi connectivity index (χ3n) is 2.33. The van der Waals surface area contributed by atoms with E-state index in [2.05, 4.69) is 0 Å². The maximum absolute atomic E-state index is 13.3. The quantitative estimate of drug-likeness (QED) is 0.824. The molecule has 0 aromatic heterocycles. The molecule has 100 valence electrons. The van der Waals surface area contributed by atoms with Crippen LogP contribution in [0.2, 0.25) is 0 Å². The second kappa shape index (κ2) is 5.34. The summed E-state index contributed by atoms with van der Waals surface area (Å²) in [5.41, 5.74) is 3.81. The van der Waals surface area contributed by atoms with Gasteiger partial charge in [0.2, 0.25) is 5.91 Å².